The van der Waals surface area contributed by atoms with Gasteiger partial charge in [-0.1, -0.05) is 26.0 Å². The number of likely N-dealkylation sites (tertiary alicyclic amines) is 1. The van der Waals surface area contributed by atoms with Gasteiger partial charge in [0.2, 0.25) is 5.91 Å². The number of methoxy groups -OCH3 is 2. The predicted molar refractivity (Wildman–Crippen MR) is 121 cm³/mol. The zero-order valence-electron chi connectivity index (χ0n) is 19.0. The molecule has 172 valence electrons. The summed E-state index contributed by atoms with van der Waals surface area (Å²) in [6, 6.07) is 9.60. The van der Waals surface area contributed by atoms with Crippen molar-refractivity contribution < 1.29 is 29.3 Å². The van der Waals surface area contributed by atoms with E-state index in [9.17, 15) is 19.8 Å². The number of ether oxygens (including phenoxy) is 2. The van der Waals surface area contributed by atoms with Crippen molar-refractivity contribution in [2.24, 2.45) is 11.8 Å². The molecule has 2 aromatic carbocycles. The monoisotopic (exact) mass is 441 g/mol. The van der Waals surface area contributed by atoms with Crippen LogP contribution in [-0.4, -0.2) is 54.3 Å². The standard InChI is InChI=1S/C25H31NO6/c1-15-8-16(2)14-26(13-15)23(28)12-20(17-6-5-7-18(9-17)25(29)30)24-21(27)10-19(31-3)11-22(24)32-4/h5-7,9-11,15-16,20,27H,8,12-14H2,1-4H3,(H,29,30). The van der Waals surface area contributed by atoms with E-state index in [0.29, 0.717) is 47.6 Å². The SMILES string of the molecule is COc1cc(O)c(C(CC(=O)N2CC(C)CC(C)C2)c2cccc(C(=O)O)c2)c(OC)c1. The van der Waals surface area contributed by atoms with Crippen molar-refractivity contribution >= 4 is 11.9 Å². The Morgan fingerprint density at radius 3 is 2.38 bits per heavy atom. The zero-order valence-corrected chi connectivity index (χ0v) is 19.0. The number of amides is 1. The summed E-state index contributed by atoms with van der Waals surface area (Å²) in [7, 11) is 2.97. The van der Waals surface area contributed by atoms with Gasteiger partial charge in [0.25, 0.3) is 0 Å². The maximum Gasteiger partial charge on any atom is 0.335 e. The zero-order chi connectivity index (χ0) is 23.4. The average Bonchev–Trinajstić information content (AvgIpc) is 2.76. The second-order valence-corrected chi connectivity index (χ2v) is 8.69. The summed E-state index contributed by atoms with van der Waals surface area (Å²) in [5.41, 5.74) is 1.17. The van der Waals surface area contributed by atoms with E-state index in [2.05, 4.69) is 13.8 Å². The molecular formula is C25H31NO6. The Balaban J connectivity index is 2.06. The lowest BCUT2D eigenvalue weighted by molar-refractivity contribution is -0.134. The summed E-state index contributed by atoms with van der Waals surface area (Å²) in [5, 5.41) is 20.3. The smallest absolute Gasteiger partial charge is 0.335 e. The molecule has 1 fully saturated rings. The fourth-order valence-electron chi connectivity index (χ4n) is 4.67. The molecule has 0 bridgehead atoms. The first-order valence-corrected chi connectivity index (χ1v) is 10.8. The molecule has 1 saturated heterocycles. The van der Waals surface area contributed by atoms with Crippen LogP contribution in [0.15, 0.2) is 36.4 Å². The largest absolute Gasteiger partial charge is 0.507 e. The van der Waals surface area contributed by atoms with E-state index in [4.69, 9.17) is 9.47 Å². The summed E-state index contributed by atoms with van der Waals surface area (Å²) in [6.07, 6.45) is 1.17. The highest BCUT2D eigenvalue weighted by atomic mass is 16.5. The minimum Gasteiger partial charge on any atom is -0.507 e. The van der Waals surface area contributed by atoms with Crippen LogP contribution in [0.1, 0.15) is 54.1 Å². The summed E-state index contributed by atoms with van der Waals surface area (Å²) in [5.74, 6) is -0.115. The van der Waals surface area contributed by atoms with Gasteiger partial charge in [-0.2, -0.15) is 0 Å². The molecule has 3 atom stereocenters. The maximum atomic E-state index is 13.4. The van der Waals surface area contributed by atoms with E-state index in [1.54, 1.807) is 24.3 Å². The number of aromatic hydroxyl groups is 1. The normalized spacial score (nSPS) is 19.3. The van der Waals surface area contributed by atoms with Crippen molar-refractivity contribution in [1.82, 2.24) is 4.90 Å². The molecule has 0 saturated carbocycles. The summed E-state index contributed by atoms with van der Waals surface area (Å²) >= 11 is 0. The fourth-order valence-corrected chi connectivity index (χ4v) is 4.67. The molecule has 0 spiro atoms. The molecule has 1 amide bonds. The number of benzene rings is 2. The van der Waals surface area contributed by atoms with Crippen molar-refractivity contribution in [3.8, 4) is 17.2 Å². The number of piperidine rings is 1. The maximum absolute atomic E-state index is 13.4. The van der Waals surface area contributed by atoms with Crippen LogP contribution in [0, 0.1) is 11.8 Å². The molecule has 0 aliphatic carbocycles. The number of hydrogen-bond donors (Lipinski definition) is 2. The van der Waals surface area contributed by atoms with E-state index in [-0.39, 0.29) is 23.6 Å². The lowest BCUT2D eigenvalue weighted by Gasteiger charge is -2.36. The first-order valence-electron chi connectivity index (χ1n) is 10.8. The Morgan fingerprint density at radius 1 is 1.09 bits per heavy atom. The van der Waals surface area contributed by atoms with Crippen LogP contribution in [-0.2, 0) is 4.79 Å². The Morgan fingerprint density at radius 2 is 1.78 bits per heavy atom. The Kier molecular flexibility index (Phi) is 7.28. The van der Waals surface area contributed by atoms with Gasteiger partial charge in [0.05, 0.1) is 19.8 Å². The van der Waals surface area contributed by atoms with Gasteiger partial charge in [-0.3, -0.25) is 4.79 Å². The summed E-state index contributed by atoms with van der Waals surface area (Å²) in [4.78, 5) is 26.8. The molecule has 1 heterocycles. The lowest BCUT2D eigenvalue weighted by Crippen LogP contribution is -2.43. The number of rotatable bonds is 7. The third-order valence-corrected chi connectivity index (χ3v) is 6.03. The Hall–Kier alpha value is -3.22. The summed E-state index contributed by atoms with van der Waals surface area (Å²) < 4.78 is 10.8. The second kappa shape index (κ2) is 9.94. The molecule has 0 aromatic heterocycles. The average molecular weight is 442 g/mol. The number of carbonyl (C=O) groups is 2. The van der Waals surface area contributed by atoms with Gasteiger partial charge in [-0.15, -0.1) is 0 Å². The molecule has 1 aliphatic heterocycles. The molecule has 3 rings (SSSR count). The van der Waals surface area contributed by atoms with E-state index >= 15 is 0 Å². The van der Waals surface area contributed by atoms with Crippen molar-refractivity contribution in [1.29, 1.82) is 0 Å². The quantitative estimate of drug-likeness (QED) is 0.671. The number of aromatic carboxylic acids is 1. The van der Waals surface area contributed by atoms with Gasteiger partial charge in [0.15, 0.2) is 0 Å². The van der Waals surface area contributed by atoms with Gasteiger partial charge >= 0.3 is 5.97 Å². The Bertz CT molecular complexity index is 978. The van der Waals surface area contributed by atoms with Crippen LogP contribution in [0.4, 0.5) is 0 Å². The molecule has 2 N–H and O–H groups in total. The van der Waals surface area contributed by atoms with E-state index in [1.165, 1.54) is 26.4 Å². The van der Waals surface area contributed by atoms with Crippen LogP contribution >= 0.6 is 0 Å². The van der Waals surface area contributed by atoms with E-state index < -0.39 is 11.9 Å². The highest BCUT2D eigenvalue weighted by Gasteiger charge is 2.31. The third-order valence-electron chi connectivity index (χ3n) is 6.03. The van der Waals surface area contributed by atoms with Crippen molar-refractivity contribution in [3.63, 3.8) is 0 Å². The van der Waals surface area contributed by atoms with Crippen molar-refractivity contribution in [2.75, 3.05) is 27.3 Å². The van der Waals surface area contributed by atoms with Gasteiger partial charge in [-0.05, 0) is 36.0 Å². The molecule has 1 aliphatic rings. The number of phenols is 1. The number of nitrogens with zero attached hydrogens (tertiary/aromatic N) is 1. The number of carbonyl (C=O) groups excluding carboxylic acids is 1. The molecule has 7 nitrogen and oxygen atoms in total. The predicted octanol–water partition coefficient (Wildman–Crippen LogP) is 4.13. The van der Waals surface area contributed by atoms with Gasteiger partial charge in [0.1, 0.15) is 17.2 Å². The highest BCUT2D eigenvalue weighted by Crippen LogP contribution is 2.43. The van der Waals surface area contributed by atoms with Gasteiger partial charge in [0, 0.05) is 43.1 Å². The first-order chi connectivity index (χ1) is 15.2. The number of carboxylic acid groups (broad SMARTS) is 1. The molecule has 3 unspecified atom stereocenters. The van der Waals surface area contributed by atoms with Crippen LogP contribution in [0.2, 0.25) is 0 Å². The van der Waals surface area contributed by atoms with Crippen LogP contribution in [0.3, 0.4) is 0 Å². The topological polar surface area (TPSA) is 96.3 Å². The Labute approximate surface area is 188 Å². The number of carboxylic acids is 1. The van der Waals surface area contributed by atoms with Gasteiger partial charge in [-0.25, -0.2) is 4.79 Å². The third kappa shape index (κ3) is 5.15. The van der Waals surface area contributed by atoms with E-state index in [0.717, 1.165) is 6.42 Å². The summed E-state index contributed by atoms with van der Waals surface area (Å²) in [6.45, 7) is 5.66. The number of phenolic OH excluding ortho intramolecular Hbond substituents is 1. The fraction of sp³-hybridized carbons (Fsp3) is 0.440. The van der Waals surface area contributed by atoms with Crippen molar-refractivity contribution in [2.45, 2.75) is 32.6 Å². The molecule has 7 heteroatoms. The van der Waals surface area contributed by atoms with Crippen LogP contribution in [0.5, 0.6) is 17.2 Å². The molecule has 0 radical (unpaired) electrons. The number of hydrogen-bond acceptors (Lipinski definition) is 5. The second-order valence-electron chi connectivity index (χ2n) is 8.69. The lowest BCUT2D eigenvalue weighted by atomic mass is 9.85. The van der Waals surface area contributed by atoms with Crippen molar-refractivity contribution in [3.05, 3.63) is 53.1 Å². The van der Waals surface area contributed by atoms with Gasteiger partial charge < -0.3 is 24.6 Å². The van der Waals surface area contributed by atoms with Crippen LogP contribution in [0.25, 0.3) is 0 Å². The minimum absolute atomic E-state index is 0.0357. The van der Waals surface area contributed by atoms with Crippen LogP contribution < -0.4 is 9.47 Å². The minimum atomic E-state index is -1.05. The molecular weight excluding hydrogens is 410 g/mol. The molecule has 32 heavy (non-hydrogen) atoms. The van der Waals surface area contributed by atoms with E-state index in [1.807, 2.05) is 4.90 Å². The highest BCUT2D eigenvalue weighted by molar-refractivity contribution is 5.88. The first kappa shape index (κ1) is 23.4. The molecule has 2 aromatic rings.